The molecule has 0 unspecified atom stereocenters. The Morgan fingerprint density at radius 3 is 2.87 bits per heavy atom. The Labute approximate surface area is 172 Å². The zero-order valence-electron chi connectivity index (χ0n) is 16.6. The van der Waals surface area contributed by atoms with Crippen LogP contribution in [-0.2, 0) is 24.2 Å². The van der Waals surface area contributed by atoms with E-state index in [1.54, 1.807) is 28.8 Å². The smallest absolute Gasteiger partial charge is 0.276 e. The molecule has 0 aliphatic carbocycles. The van der Waals surface area contributed by atoms with Crippen LogP contribution in [0.5, 0.6) is 5.75 Å². The molecule has 0 radical (unpaired) electrons. The van der Waals surface area contributed by atoms with E-state index in [1.165, 1.54) is 0 Å². The van der Waals surface area contributed by atoms with Gasteiger partial charge in [0.05, 0.1) is 10.9 Å². The van der Waals surface area contributed by atoms with Gasteiger partial charge in [0.25, 0.3) is 17.4 Å². The molecule has 0 bridgehead atoms. The zero-order chi connectivity index (χ0) is 21.1. The van der Waals surface area contributed by atoms with E-state index in [4.69, 9.17) is 4.74 Å². The van der Waals surface area contributed by atoms with Gasteiger partial charge in [-0.05, 0) is 48.7 Å². The first-order valence-corrected chi connectivity index (χ1v) is 9.89. The molecule has 3 aromatic rings. The fraction of sp³-hybridized carbons (Fsp3) is 0.273. The molecule has 2 heterocycles. The van der Waals surface area contributed by atoms with Crippen LogP contribution < -0.4 is 21.1 Å². The van der Waals surface area contributed by atoms with E-state index in [2.05, 4.69) is 15.8 Å². The normalized spacial score (nSPS) is 12.4. The predicted octanol–water partition coefficient (Wildman–Crippen LogP) is 1.75. The van der Waals surface area contributed by atoms with Gasteiger partial charge in [-0.15, -0.1) is 0 Å². The van der Waals surface area contributed by atoms with Crippen LogP contribution in [0.25, 0.3) is 10.9 Å². The second-order valence-electron chi connectivity index (χ2n) is 7.11. The van der Waals surface area contributed by atoms with Crippen LogP contribution in [0.15, 0.2) is 47.3 Å². The van der Waals surface area contributed by atoms with Crippen LogP contribution in [0, 0.1) is 0 Å². The Morgan fingerprint density at radius 1 is 1.17 bits per heavy atom. The minimum atomic E-state index is -0.499. The molecule has 8 heteroatoms. The van der Waals surface area contributed by atoms with Gasteiger partial charge >= 0.3 is 0 Å². The van der Waals surface area contributed by atoms with Crippen molar-refractivity contribution >= 4 is 22.7 Å². The Balaban J connectivity index is 1.37. The van der Waals surface area contributed by atoms with Crippen LogP contribution in [0.3, 0.4) is 0 Å². The Morgan fingerprint density at radius 2 is 2.03 bits per heavy atom. The van der Waals surface area contributed by atoms with Crippen molar-refractivity contribution in [1.82, 2.24) is 20.4 Å². The average molecular weight is 406 g/mol. The number of ether oxygens (including phenoxy) is 1. The van der Waals surface area contributed by atoms with Gasteiger partial charge in [-0.1, -0.05) is 19.1 Å². The molecule has 0 fully saturated rings. The summed E-state index contributed by atoms with van der Waals surface area (Å²) in [7, 11) is 0. The maximum atomic E-state index is 12.5. The number of hydrogen-bond donors (Lipinski definition) is 2. The SMILES string of the molecule is CCc1cccc(OCC(=O)NNC(=O)c2ccc3c(=O)n4c(nc3c2)CCC4)c1. The summed E-state index contributed by atoms with van der Waals surface area (Å²) in [6.07, 6.45) is 2.51. The van der Waals surface area contributed by atoms with Crippen molar-refractivity contribution < 1.29 is 14.3 Å². The van der Waals surface area contributed by atoms with Crippen LogP contribution in [0.1, 0.15) is 35.1 Å². The minimum absolute atomic E-state index is 0.0861. The molecule has 0 saturated heterocycles. The number of rotatable bonds is 5. The van der Waals surface area contributed by atoms with Gasteiger partial charge in [0.15, 0.2) is 6.61 Å². The number of hydrazine groups is 1. The van der Waals surface area contributed by atoms with E-state index in [0.29, 0.717) is 28.8 Å². The lowest BCUT2D eigenvalue weighted by atomic mass is 10.1. The maximum absolute atomic E-state index is 12.5. The lowest BCUT2D eigenvalue weighted by Crippen LogP contribution is -2.43. The number of nitrogens with zero attached hydrogens (tertiary/aromatic N) is 2. The third-order valence-corrected chi connectivity index (χ3v) is 5.07. The van der Waals surface area contributed by atoms with Crippen molar-refractivity contribution in [3.05, 3.63) is 69.8 Å². The monoisotopic (exact) mass is 406 g/mol. The van der Waals surface area contributed by atoms with Gasteiger partial charge in [-0.3, -0.25) is 29.8 Å². The van der Waals surface area contributed by atoms with Gasteiger partial charge < -0.3 is 4.74 Å². The highest BCUT2D eigenvalue weighted by Gasteiger charge is 2.17. The third kappa shape index (κ3) is 4.03. The molecule has 1 aliphatic rings. The van der Waals surface area contributed by atoms with Crippen molar-refractivity contribution in [2.24, 2.45) is 0 Å². The van der Waals surface area contributed by atoms with Crippen LogP contribution >= 0.6 is 0 Å². The first kappa shape index (κ1) is 19.6. The summed E-state index contributed by atoms with van der Waals surface area (Å²) >= 11 is 0. The molecule has 2 N–H and O–H groups in total. The van der Waals surface area contributed by atoms with Gasteiger partial charge in [0.1, 0.15) is 11.6 Å². The van der Waals surface area contributed by atoms with Crippen molar-refractivity contribution in [2.75, 3.05) is 6.61 Å². The number of amides is 2. The number of aromatic nitrogens is 2. The first-order chi connectivity index (χ1) is 14.5. The third-order valence-electron chi connectivity index (χ3n) is 5.07. The number of aryl methyl sites for hydroxylation is 2. The van der Waals surface area contributed by atoms with E-state index in [1.807, 2.05) is 25.1 Å². The summed E-state index contributed by atoms with van der Waals surface area (Å²) in [5, 5.41) is 0.476. The Kier molecular flexibility index (Phi) is 5.47. The summed E-state index contributed by atoms with van der Waals surface area (Å²) in [4.78, 5) is 41.4. The predicted molar refractivity (Wildman–Crippen MR) is 111 cm³/mol. The average Bonchev–Trinajstić information content (AvgIpc) is 3.24. The lowest BCUT2D eigenvalue weighted by Gasteiger charge is -2.10. The largest absolute Gasteiger partial charge is 0.484 e. The number of hydrogen-bond acceptors (Lipinski definition) is 5. The number of carbonyl (C=O) groups is 2. The highest BCUT2D eigenvalue weighted by atomic mass is 16.5. The quantitative estimate of drug-likeness (QED) is 0.629. The van der Waals surface area contributed by atoms with E-state index in [9.17, 15) is 14.4 Å². The molecular weight excluding hydrogens is 384 g/mol. The van der Waals surface area contributed by atoms with E-state index < -0.39 is 11.8 Å². The topological polar surface area (TPSA) is 102 Å². The summed E-state index contributed by atoms with van der Waals surface area (Å²) in [5.41, 5.74) is 6.49. The number of carbonyl (C=O) groups excluding carboxylic acids is 2. The molecule has 8 nitrogen and oxygen atoms in total. The molecule has 1 aliphatic heterocycles. The number of benzene rings is 2. The number of fused-ring (bicyclic) bond motifs is 2. The summed E-state index contributed by atoms with van der Waals surface area (Å²) < 4.78 is 7.13. The standard InChI is InChI=1S/C22H22N4O4/c1-2-14-5-3-6-16(11-14)30-13-20(27)24-25-21(28)15-8-9-17-18(12-15)23-19-7-4-10-26(19)22(17)29/h3,5-6,8-9,11-12H,2,4,7,10,13H2,1H3,(H,24,27)(H,25,28). The zero-order valence-corrected chi connectivity index (χ0v) is 16.6. The Hall–Kier alpha value is -3.68. The molecule has 4 rings (SSSR count). The molecular formula is C22H22N4O4. The molecule has 1 aromatic heterocycles. The van der Waals surface area contributed by atoms with Crippen molar-refractivity contribution in [1.29, 1.82) is 0 Å². The minimum Gasteiger partial charge on any atom is -0.484 e. The molecule has 0 atom stereocenters. The van der Waals surface area contributed by atoms with Crippen molar-refractivity contribution in [2.45, 2.75) is 32.7 Å². The van der Waals surface area contributed by atoms with Crippen LogP contribution in [0.2, 0.25) is 0 Å². The highest BCUT2D eigenvalue weighted by molar-refractivity contribution is 5.98. The fourth-order valence-electron chi connectivity index (χ4n) is 3.46. The van der Waals surface area contributed by atoms with E-state index >= 15 is 0 Å². The van der Waals surface area contributed by atoms with Gasteiger partial charge in [0, 0.05) is 18.5 Å². The first-order valence-electron chi connectivity index (χ1n) is 9.89. The molecule has 2 aromatic carbocycles. The van der Waals surface area contributed by atoms with Crippen LogP contribution in [-0.4, -0.2) is 28.0 Å². The molecule has 0 spiro atoms. The van der Waals surface area contributed by atoms with Gasteiger partial charge in [0.2, 0.25) is 0 Å². The van der Waals surface area contributed by atoms with Crippen molar-refractivity contribution in [3.63, 3.8) is 0 Å². The molecule has 154 valence electrons. The van der Waals surface area contributed by atoms with Gasteiger partial charge in [-0.25, -0.2) is 4.98 Å². The molecule has 2 amide bonds. The summed E-state index contributed by atoms with van der Waals surface area (Å²) in [6, 6.07) is 12.2. The van der Waals surface area contributed by atoms with E-state index in [-0.39, 0.29) is 12.2 Å². The van der Waals surface area contributed by atoms with Gasteiger partial charge in [-0.2, -0.15) is 0 Å². The van der Waals surface area contributed by atoms with Crippen molar-refractivity contribution in [3.8, 4) is 5.75 Å². The maximum Gasteiger partial charge on any atom is 0.276 e. The Bertz CT molecular complexity index is 1190. The summed E-state index contributed by atoms with van der Waals surface area (Å²) in [6.45, 7) is 2.49. The van der Waals surface area contributed by atoms with E-state index in [0.717, 1.165) is 30.7 Å². The lowest BCUT2D eigenvalue weighted by molar-refractivity contribution is -0.123. The molecule has 0 saturated carbocycles. The molecule has 30 heavy (non-hydrogen) atoms. The summed E-state index contributed by atoms with van der Waals surface area (Å²) in [5.74, 6) is 0.346. The van der Waals surface area contributed by atoms with Crippen LogP contribution in [0.4, 0.5) is 0 Å². The fourth-order valence-corrected chi connectivity index (χ4v) is 3.46. The second kappa shape index (κ2) is 8.36. The second-order valence-corrected chi connectivity index (χ2v) is 7.11. The highest BCUT2D eigenvalue weighted by Crippen LogP contribution is 2.16. The number of nitrogens with one attached hydrogen (secondary N) is 2.